The molecule has 0 saturated carbocycles. The quantitative estimate of drug-likeness (QED) is 0.755. The molecule has 1 aromatic rings. The van der Waals surface area contributed by atoms with Crippen LogP contribution in [0.2, 0.25) is 0 Å². The van der Waals surface area contributed by atoms with Gasteiger partial charge in [0, 0.05) is 6.54 Å². The fraction of sp³-hybridized carbons (Fsp3) is 0.400. The Morgan fingerprint density at radius 1 is 1.33 bits per heavy atom. The summed E-state index contributed by atoms with van der Waals surface area (Å²) in [7, 11) is 1.28. The van der Waals surface area contributed by atoms with Crippen molar-refractivity contribution in [2.45, 2.75) is 18.9 Å². The van der Waals surface area contributed by atoms with Crippen LogP contribution in [-0.2, 0) is 14.3 Å². The lowest BCUT2D eigenvalue weighted by Crippen LogP contribution is -2.46. The van der Waals surface area contributed by atoms with Gasteiger partial charge in [0.25, 0.3) is 5.91 Å². The predicted molar refractivity (Wildman–Crippen MR) is 74.9 cm³/mol. The highest BCUT2D eigenvalue weighted by Gasteiger charge is 2.42. The van der Waals surface area contributed by atoms with Gasteiger partial charge in [-0.15, -0.1) is 0 Å². The minimum Gasteiger partial charge on any atom is -0.468 e. The molecule has 2 heterocycles. The third-order valence-electron chi connectivity index (χ3n) is 4.00. The van der Waals surface area contributed by atoms with Gasteiger partial charge < -0.3 is 9.64 Å². The Labute approximate surface area is 122 Å². The third kappa shape index (κ3) is 2.16. The average molecular weight is 288 g/mol. The Kier molecular flexibility index (Phi) is 3.37. The number of methoxy groups -OCH3 is 1. The van der Waals surface area contributed by atoms with Crippen molar-refractivity contribution < 1.29 is 19.1 Å². The largest absolute Gasteiger partial charge is 0.468 e. The van der Waals surface area contributed by atoms with Crippen LogP contribution in [-0.4, -0.2) is 48.9 Å². The van der Waals surface area contributed by atoms with Crippen LogP contribution in [0.1, 0.15) is 23.2 Å². The average Bonchev–Trinajstić information content (AvgIpc) is 2.97. The number of hydrogen-bond donors (Lipinski definition) is 0. The van der Waals surface area contributed by atoms with E-state index in [1.165, 1.54) is 12.0 Å². The van der Waals surface area contributed by atoms with Crippen LogP contribution in [0.3, 0.4) is 0 Å². The molecule has 0 aliphatic carbocycles. The minimum absolute atomic E-state index is 0.145. The van der Waals surface area contributed by atoms with E-state index < -0.39 is 12.0 Å². The predicted octanol–water partition coefficient (Wildman–Crippen LogP) is 0.811. The van der Waals surface area contributed by atoms with E-state index in [0.29, 0.717) is 24.2 Å². The van der Waals surface area contributed by atoms with Gasteiger partial charge in [-0.3, -0.25) is 19.3 Å². The number of carbonyl (C=O) groups is 3. The normalized spacial score (nSPS) is 20.9. The molecule has 6 nitrogen and oxygen atoms in total. The van der Waals surface area contributed by atoms with E-state index in [0.717, 1.165) is 6.42 Å². The van der Waals surface area contributed by atoms with Gasteiger partial charge in [0.05, 0.1) is 18.4 Å². The van der Waals surface area contributed by atoms with E-state index in [-0.39, 0.29) is 18.4 Å². The van der Waals surface area contributed by atoms with Crippen molar-refractivity contribution in [3.05, 3.63) is 29.8 Å². The SMILES string of the molecule is COC(=O)CN1C(=O)[C@@H]2CCCN2C(=O)c2ccccc21. The molecule has 0 spiro atoms. The van der Waals surface area contributed by atoms with E-state index in [4.69, 9.17) is 0 Å². The van der Waals surface area contributed by atoms with Crippen LogP contribution < -0.4 is 4.90 Å². The van der Waals surface area contributed by atoms with Gasteiger partial charge in [0.2, 0.25) is 5.91 Å². The van der Waals surface area contributed by atoms with E-state index in [9.17, 15) is 14.4 Å². The first-order valence-corrected chi connectivity index (χ1v) is 6.91. The first-order chi connectivity index (χ1) is 10.1. The maximum absolute atomic E-state index is 12.7. The highest BCUT2D eigenvalue weighted by Crippen LogP contribution is 2.32. The molecule has 1 aromatic carbocycles. The Morgan fingerprint density at radius 3 is 2.86 bits per heavy atom. The molecule has 2 aliphatic rings. The fourth-order valence-corrected chi connectivity index (χ4v) is 2.97. The highest BCUT2D eigenvalue weighted by atomic mass is 16.5. The topological polar surface area (TPSA) is 66.9 Å². The minimum atomic E-state index is -0.503. The van der Waals surface area contributed by atoms with Gasteiger partial charge in [-0.25, -0.2) is 0 Å². The van der Waals surface area contributed by atoms with Crippen LogP contribution in [0.25, 0.3) is 0 Å². The molecule has 0 N–H and O–H groups in total. The number of benzene rings is 1. The molecular weight excluding hydrogens is 272 g/mol. The van der Waals surface area contributed by atoms with E-state index >= 15 is 0 Å². The number of ether oxygens (including phenoxy) is 1. The second-order valence-electron chi connectivity index (χ2n) is 5.17. The first-order valence-electron chi connectivity index (χ1n) is 6.91. The second kappa shape index (κ2) is 5.20. The summed E-state index contributed by atoms with van der Waals surface area (Å²) >= 11 is 0. The summed E-state index contributed by atoms with van der Waals surface area (Å²) in [5.74, 6) is -0.859. The van der Waals surface area contributed by atoms with Gasteiger partial charge in [-0.2, -0.15) is 0 Å². The Morgan fingerprint density at radius 2 is 2.10 bits per heavy atom. The third-order valence-corrected chi connectivity index (χ3v) is 4.00. The Hall–Kier alpha value is -2.37. The molecule has 2 amide bonds. The van der Waals surface area contributed by atoms with E-state index in [1.54, 1.807) is 29.2 Å². The zero-order chi connectivity index (χ0) is 15.0. The molecule has 1 atom stereocenters. The zero-order valence-electron chi connectivity index (χ0n) is 11.7. The van der Waals surface area contributed by atoms with Gasteiger partial charge >= 0.3 is 5.97 Å². The summed E-state index contributed by atoms with van der Waals surface area (Å²) in [5, 5.41) is 0. The van der Waals surface area contributed by atoms with Crippen LogP contribution in [0, 0.1) is 0 Å². The molecule has 6 heteroatoms. The number of nitrogens with zero attached hydrogens (tertiary/aromatic N) is 2. The van der Waals surface area contributed by atoms with Crippen LogP contribution in [0.15, 0.2) is 24.3 Å². The standard InChI is InChI=1S/C15H16N2O4/c1-21-13(18)9-17-11-6-3-2-5-10(11)14(19)16-8-4-7-12(16)15(17)20/h2-3,5-6,12H,4,7-9H2,1H3/t12-/m0/s1. The second-order valence-corrected chi connectivity index (χ2v) is 5.17. The van der Waals surface area contributed by atoms with Crippen molar-refractivity contribution >= 4 is 23.5 Å². The molecule has 2 aliphatic heterocycles. The molecule has 0 radical (unpaired) electrons. The first kappa shape index (κ1) is 13.6. The lowest BCUT2D eigenvalue weighted by Gasteiger charge is -2.24. The number of anilines is 1. The molecule has 110 valence electrons. The summed E-state index contributed by atoms with van der Waals surface area (Å²) in [6.07, 6.45) is 1.44. The van der Waals surface area contributed by atoms with Crippen molar-refractivity contribution in [1.82, 2.24) is 4.90 Å². The number of rotatable bonds is 2. The molecule has 0 unspecified atom stereocenters. The number of amides is 2. The fourth-order valence-electron chi connectivity index (χ4n) is 2.97. The summed E-state index contributed by atoms with van der Waals surface area (Å²) < 4.78 is 4.66. The van der Waals surface area contributed by atoms with Crippen molar-refractivity contribution in [2.75, 3.05) is 25.1 Å². The van der Waals surface area contributed by atoms with E-state index in [1.807, 2.05) is 0 Å². The maximum atomic E-state index is 12.7. The summed E-state index contributed by atoms with van der Waals surface area (Å²) in [6, 6.07) is 6.41. The molecule has 3 rings (SSSR count). The zero-order valence-corrected chi connectivity index (χ0v) is 11.7. The van der Waals surface area contributed by atoms with Gasteiger partial charge in [0.1, 0.15) is 12.6 Å². The number of esters is 1. The number of hydrogen-bond acceptors (Lipinski definition) is 4. The van der Waals surface area contributed by atoms with E-state index in [2.05, 4.69) is 4.74 Å². The lowest BCUT2D eigenvalue weighted by molar-refractivity contribution is -0.140. The van der Waals surface area contributed by atoms with Crippen LogP contribution in [0.5, 0.6) is 0 Å². The van der Waals surface area contributed by atoms with Crippen molar-refractivity contribution in [3.8, 4) is 0 Å². The molecule has 21 heavy (non-hydrogen) atoms. The van der Waals surface area contributed by atoms with Gasteiger partial charge in [-0.05, 0) is 25.0 Å². The van der Waals surface area contributed by atoms with Crippen molar-refractivity contribution in [2.24, 2.45) is 0 Å². The van der Waals surface area contributed by atoms with Crippen molar-refractivity contribution in [1.29, 1.82) is 0 Å². The molecule has 0 bridgehead atoms. The Bertz CT molecular complexity index is 613. The maximum Gasteiger partial charge on any atom is 0.325 e. The van der Waals surface area contributed by atoms with Crippen molar-refractivity contribution in [3.63, 3.8) is 0 Å². The Balaban J connectivity index is 2.09. The summed E-state index contributed by atoms with van der Waals surface area (Å²) in [4.78, 5) is 39.9. The smallest absolute Gasteiger partial charge is 0.325 e. The van der Waals surface area contributed by atoms with Crippen LogP contribution in [0.4, 0.5) is 5.69 Å². The highest BCUT2D eigenvalue weighted by molar-refractivity contribution is 6.12. The molecule has 1 saturated heterocycles. The molecule has 1 fully saturated rings. The van der Waals surface area contributed by atoms with Crippen LogP contribution >= 0.6 is 0 Å². The number of fused-ring (bicyclic) bond motifs is 2. The molecule has 0 aromatic heterocycles. The van der Waals surface area contributed by atoms with Gasteiger partial charge in [0.15, 0.2) is 0 Å². The number of para-hydroxylation sites is 1. The summed E-state index contributed by atoms with van der Waals surface area (Å²) in [6.45, 7) is 0.402. The summed E-state index contributed by atoms with van der Waals surface area (Å²) in [5.41, 5.74) is 0.937. The van der Waals surface area contributed by atoms with Gasteiger partial charge in [-0.1, -0.05) is 12.1 Å². The number of carbonyl (C=O) groups excluding carboxylic acids is 3. The molecular formula is C15H16N2O4. The lowest BCUT2D eigenvalue weighted by atomic mass is 10.1. The monoisotopic (exact) mass is 288 g/mol.